The Morgan fingerprint density at radius 3 is 2.50 bits per heavy atom. The Hall–Kier alpha value is -2.96. The number of anilines is 1. The minimum Gasteiger partial charge on any atom is -0.477 e. The van der Waals surface area contributed by atoms with E-state index in [-0.39, 0.29) is 0 Å². The molecule has 4 heterocycles. The monoisotopic (exact) mass is 350 g/mol. The molecule has 3 aromatic rings. The second kappa shape index (κ2) is 7.51. The van der Waals surface area contributed by atoms with Crippen LogP contribution in [0, 0.1) is 12.8 Å². The van der Waals surface area contributed by atoms with Gasteiger partial charge in [-0.3, -0.25) is 0 Å². The van der Waals surface area contributed by atoms with E-state index in [9.17, 15) is 0 Å². The lowest BCUT2D eigenvalue weighted by atomic mass is 9.98. The van der Waals surface area contributed by atoms with Gasteiger partial charge in [-0.1, -0.05) is 6.07 Å². The van der Waals surface area contributed by atoms with Gasteiger partial charge in [0, 0.05) is 31.5 Å². The molecule has 0 amide bonds. The molecule has 0 N–H and O–H groups in total. The van der Waals surface area contributed by atoms with E-state index in [1.54, 1.807) is 10.9 Å². The average molecular weight is 350 g/mol. The third kappa shape index (κ3) is 3.82. The van der Waals surface area contributed by atoms with Gasteiger partial charge in [-0.2, -0.15) is 5.10 Å². The van der Waals surface area contributed by atoms with Crippen LogP contribution in [0.15, 0.2) is 48.8 Å². The van der Waals surface area contributed by atoms with Crippen LogP contribution >= 0.6 is 0 Å². The lowest BCUT2D eigenvalue weighted by Crippen LogP contribution is -2.36. The number of rotatable bonds is 5. The number of aromatic nitrogens is 5. The van der Waals surface area contributed by atoms with Gasteiger partial charge in [-0.05, 0) is 49.9 Å². The molecule has 0 aliphatic carbocycles. The van der Waals surface area contributed by atoms with E-state index in [0.29, 0.717) is 18.4 Å². The molecule has 7 nitrogen and oxygen atoms in total. The lowest BCUT2D eigenvalue weighted by molar-refractivity contribution is 0.216. The molecule has 1 aliphatic rings. The van der Waals surface area contributed by atoms with Gasteiger partial charge in [-0.15, -0.1) is 10.2 Å². The van der Waals surface area contributed by atoms with E-state index in [0.717, 1.165) is 43.3 Å². The third-order valence-electron chi connectivity index (χ3n) is 4.64. The summed E-state index contributed by atoms with van der Waals surface area (Å²) in [6, 6.07) is 11.7. The van der Waals surface area contributed by atoms with E-state index in [1.165, 1.54) is 0 Å². The summed E-state index contributed by atoms with van der Waals surface area (Å²) in [6.07, 6.45) is 5.81. The van der Waals surface area contributed by atoms with Gasteiger partial charge in [0.25, 0.3) is 0 Å². The maximum atomic E-state index is 5.79. The van der Waals surface area contributed by atoms with Gasteiger partial charge in [0.2, 0.25) is 5.88 Å². The third-order valence-corrected chi connectivity index (χ3v) is 4.64. The number of piperidine rings is 1. The highest BCUT2D eigenvalue weighted by atomic mass is 16.5. The first kappa shape index (κ1) is 16.5. The van der Waals surface area contributed by atoms with Crippen LogP contribution < -0.4 is 9.64 Å². The molecule has 0 atom stereocenters. The molecule has 0 aromatic carbocycles. The smallest absolute Gasteiger partial charge is 0.213 e. The molecule has 0 spiro atoms. The number of hydrogen-bond donors (Lipinski definition) is 0. The molecule has 0 unspecified atom stereocenters. The summed E-state index contributed by atoms with van der Waals surface area (Å²) in [5, 5.41) is 13.0. The van der Waals surface area contributed by atoms with E-state index in [2.05, 4.69) is 25.2 Å². The fourth-order valence-corrected chi connectivity index (χ4v) is 3.12. The summed E-state index contributed by atoms with van der Waals surface area (Å²) in [5.74, 6) is 2.90. The summed E-state index contributed by atoms with van der Waals surface area (Å²) in [4.78, 5) is 6.48. The molecule has 1 fully saturated rings. The molecule has 134 valence electrons. The van der Waals surface area contributed by atoms with Crippen molar-refractivity contribution in [1.29, 1.82) is 0 Å². The Morgan fingerprint density at radius 2 is 1.85 bits per heavy atom. The second-order valence-corrected chi connectivity index (χ2v) is 6.56. The average Bonchev–Trinajstić information content (AvgIpc) is 3.14. The lowest BCUT2D eigenvalue weighted by Gasteiger charge is -2.32. The molecule has 0 radical (unpaired) electrons. The number of pyridine rings is 1. The summed E-state index contributed by atoms with van der Waals surface area (Å²) in [6.45, 7) is 4.60. The van der Waals surface area contributed by atoms with Crippen molar-refractivity contribution in [3.63, 3.8) is 0 Å². The van der Waals surface area contributed by atoms with Crippen molar-refractivity contribution in [2.45, 2.75) is 19.8 Å². The largest absolute Gasteiger partial charge is 0.477 e. The van der Waals surface area contributed by atoms with E-state index in [4.69, 9.17) is 4.74 Å². The standard InChI is InChI=1S/C19H22N6O/c1-15-7-13-25(23-15)18-6-5-17(21-22-18)24-11-8-16(9-12-24)14-26-19-4-2-3-10-20-19/h2-7,10,13,16H,8-9,11-12,14H2,1H3. The SMILES string of the molecule is Cc1ccn(-c2ccc(N3CCC(COc4ccccn4)CC3)nn2)n1. The highest BCUT2D eigenvalue weighted by molar-refractivity contribution is 5.40. The quantitative estimate of drug-likeness (QED) is 0.705. The van der Waals surface area contributed by atoms with Crippen LogP contribution in [0.4, 0.5) is 5.82 Å². The Bertz CT molecular complexity index is 825. The zero-order chi connectivity index (χ0) is 17.8. The van der Waals surface area contributed by atoms with Gasteiger partial charge < -0.3 is 9.64 Å². The van der Waals surface area contributed by atoms with Crippen molar-refractivity contribution in [1.82, 2.24) is 25.0 Å². The maximum absolute atomic E-state index is 5.79. The zero-order valence-corrected chi connectivity index (χ0v) is 14.8. The van der Waals surface area contributed by atoms with Crippen molar-refractivity contribution in [2.24, 2.45) is 5.92 Å². The van der Waals surface area contributed by atoms with Crippen LogP contribution in [0.25, 0.3) is 5.82 Å². The first-order valence-electron chi connectivity index (χ1n) is 8.93. The minimum atomic E-state index is 0.549. The first-order chi connectivity index (χ1) is 12.8. The van der Waals surface area contributed by atoms with Crippen molar-refractivity contribution in [2.75, 3.05) is 24.6 Å². The van der Waals surface area contributed by atoms with Gasteiger partial charge in [0.05, 0.1) is 12.3 Å². The van der Waals surface area contributed by atoms with Gasteiger partial charge in [-0.25, -0.2) is 9.67 Å². The Kier molecular flexibility index (Phi) is 4.77. The first-order valence-corrected chi connectivity index (χ1v) is 8.93. The van der Waals surface area contributed by atoms with Crippen molar-refractivity contribution >= 4 is 5.82 Å². The molecule has 1 aliphatic heterocycles. The highest BCUT2D eigenvalue weighted by Gasteiger charge is 2.21. The number of aryl methyl sites for hydroxylation is 1. The molecule has 3 aromatic heterocycles. The van der Waals surface area contributed by atoms with Gasteiger partial charge in [0.1, 0.15) is 0 Å². The number of ether oxygens (including phenoxy) is 1. The second-order valence-electron chi connectivity index (χ2n) is 6.56. The predicted octanol–water partition coefficient (Wildman–Crippen LogP) is 2.66. The number of nitrogens with zero attached hydrogens (tertiary/aromatic N) is 6. The molecular weight excluding hydrogens is 328 g/mol. The predicted molar refractivity (Wildman–Crippen MR) is 98.6 cm³/mol. The van der Waals surface area contributed by atoms with Crippen LogP contribution in [-0.2, 0) is 0 Å². The molecular formula is C19H22N6O. The van der Waals surface area contributed by atoms with Gasteiger partial charge in [0.15, 0.2) is 11.6 Å². The Morgan fingerprint density at radius 1 is 1.04 bits per heavy atom. The van der Waals surface area contributed by atoms with Crippen molar-refractivity contribution in [3.8, 4) is 11.7 Å². The van der Waals surface area contributed by atoms with Crippen molar-refractivity contribution in [3.05, 3.63) is 54.5 Å². The summed E-state index contributed by atoms with van der Waals surface area (Å²) >= 11 is 0. The van der Waals surface area contributed by atoms with Crippen LogP contribution in [0.2, 0.25) is 0 Å². The molecule has 0 bridgehead atoms. The van der Waals surface area contributed by atoms with E-state index in [1.807, 2.05) is 49.5 Å². The van der Waals surface area contributed by atoms with Gasteiger partial charge >= 0.3 is 0 Å². The summed E-state index contributed by atoms with van der Waals surface area (Å²) in [7, 11) is 0. The fraction of sp³-hybridized carbons (Fsp3) is 0.368. The Balaban J connectivity index is 1.30. The molecule has 0 saturated carbocycles. The van der Waals surface area contributed by atoms with Crippen LogP contribution in [-0.4, -0.2) is 44.7 Å². The maximum Gasteiger partial charge on any atom is 0.213 e. The Labute approximate surface area is 152 Å². The topological polar surface area (TPSA) is 69.0 Å². The van der Waals surface area contributed by atoms with Crippen LogP contribution in [0.1, 0.15) is 18.5 Å². The number of hydrogen-bond acceptors (Lipinski definition) is 6. The van der Waals surface area contributed by atoms with Crippen molar-refractivity contribution < 1.29 is 4.74 Å². The molecule has 7 heteroatoms. The summed E-state index contributed by atoms with van der Waals surface area (Å²) < 4.78 is 7.53. The molecule has 4 rings (SSSR count). The normalized spacial score (nSPS) is 15.2. The zero-order valence-electron chi connectivity index (χ0n) is 14.8. The van der Waals surface area contributed by atoms with Crippen LogP contribution in [0.3, 0.4) is 0 Å². The van der Waals surface area contributed by atoms with E-state index >= 15 is 0 Å². The fourth-order valence-electron chi connectivity index (χ4n) is 3.12. The molecule has 26 heavy (non-hydrogen) atoms. The highest BCUT2D eigenvalue weighted by Crippen LogP contribution is 2.22. The van der Waals surface area contributed by atoms with E-state index < -0.39 is 0 Å². The molecule has 1 saturated heterocycles. The minimum absolute atomic E-state index is 0.549. The van der Waals surface area contributed by atoms with Crippen LogP contribution in [0.5, 0.6) is 5.88 Å². The summed E-state index contributed by atoms with van der Waals surface area (Å²) in [5.41, 5.74) is 0.964.